The van der Waals surface area contributed by atoms with E-state index in [0.717, 1.165) is 0 Å². The van der Waals surface area contributed by atoms with Crippen molar-refractivity contribution in [3.8, 4) is 0 Å². The van der Waals surface area contributed by atoms with Gasteiger partial charge in [0.05, 0.1) is 0 Å². The fourth-order valence-corrected chi connectivity index (χ4v) is 1.33. The minimum Gasteiger partial charge on any atom is -0.480 e. The van der Waals surface area contributed by atoms with Gasteiger partial charge in [0, 0.05) is 0 Å². The highest BCUT2D eigenvalue weighted by Gasteiger charge is 2.29. The van der Waals surface area contributed by atoms with Gasteiger partial charge in [-0.3, -0.25) is 14.9 Å². The summed E-state index contributed by atoms with van der Waals surface area (Å²) in [5, 5.41) is 19.7. The maximum atomic E-state index is 10.5. The molecule has 12 heavy (non-hydrogen) atoms. The van der Waals surface area contributed by atoms with E-state index in [1.165, 1.54) is 0 Å². The predicted molar refractivity (Wildman–Crippen MR) is 39.8 cm³/mol. The van der Waals surface area contributed by atoms with Gasteiger partial charge in [-0.1, -0.05) is 0 Å². The number of hydrogen-bond donors (Lipinski definition) is 3. The lowest BCUT2D eigenvalue weighted by atomic mass is 9.99. The third kappa shape index (κ3) is 1.94. The second kappa shape index (κ2) is 3.53. The molecule has 1 fully saturated rings. The van der Waals surface area contributed by atoms with Crippen LogP contribution in [0.2, 0.25) is 0 Å². The Morgan fingerprint density at radius 3 is 1.83 bits per heavy atom. The molecule has 0 radical (unpaired) electrons. The fraction of sp³-hybridized carbons (Fsp3) is 0.714. The van der Waals surface area contributed by atoms with E-state index >= 15 is 0 Å². The summed E-state index contributed by atoms with van der Waals surface area (Å²) in [6, 6.07) is -1.39. The van der Waals surface area contributed by atoms with E-state index in [9.17, 15) is 9.59 Å². The summed E-state index contributed by atoms with van der Waals surface area (Å²) in [5.41, 5.74) is 0. The lowest BCUT2D eigenvalue weighted by Gasteiger charge is -2.25. The van der Waals surface area contributed by atoms with Gasteiger partial charge in [0.2, 0.25) is 0 Å². The van der Waals surface area contributed by atoms with E-state index < -0.39 is 24.0 Å². The molecule has 2 atom stereocenters. The van der Waals surface area contributed by atoms with Crippen molar-refractivity contribution in [2.24, 2.45) is 0 Å². The molecule has 0 aromatic heterocycles. The SMILES string of the molecule is O=C(O)[C@@H]1CCC[C@H](C(=O)O)N1. The predicted octanol–water partition coefficient (Wildman–Crippen LogP) is -0.334. The molecule has 1 saturated heterocycles. The Balaban J connectivity index is 2.51. The topological polar surface area (TPSA) is 86.6 Å². The van der Waals surface area contributed by atoms with Crippen LogP contribution in [0.25, 0.3) is 0 Å². The molecule has 0 amide bonds. The summed E-state index contributed by atoms with van der Waals surface area (Å²) >= 11 is 0. The molecular weight excluding hydrogens is 162 g/mol. The number of hydrogen-bond acceptors (Lipinski definition) is 3. The highest BCUT2D eigenvalue weighted by Crippen LogP contribution is 2.12. The molecule has 0 unspecified atom stereocenters. The van der Waals surface area contributed by atoms with E-state index in [1.807, 2.05) is 0 Å². The van der Waals surface area contributed by atoms with Crippen molar-refractivity contribution in [1.82, 2.24) is 5.32 Å². The average Bonchev–Trinajstić information content (AvgIpc) is 2.04. The van der Waals surface area contributed by atoms with Crippen LogP contribution in [0.5, 0.6) is 0 Å². The first-order valence-corrected chi connectivity index (χ1v) is 3.83. The maximum Gasteiger partial charge on any atom is 0.320 e. The number of carboxylic acids is 2. The molecule has 3 N–H and O–H groups in total. The van der Waals surface area contributed by atoms with Crippen molar-refractivity contribution >= 4 is 11.9 Å². The zero-order valence-corrected chi connectivity index (χ0v) is 6.49. The van der Waals surface area contributed by atoms with Crippen LogP contribution >= 0.6 is 0 Å². The van der Waals surface area contributed by atoms with Crippen LogP contribution in [0, 0.1) is 0 Å². The molecule has 0 aromatic carbocycles. The Labute approximate surface area is 69.4 Å². The van der Waals surface area contributed by atoms with Crippen LogP contribution in [0.1, 0.15) is 19.3 Å². The Kier molecular flexibility index (Phi) is 2.65. The second-order valence-corrected chi connectivity index (χ2v) is 2.88. The van der Waals surface area contributed by atoms with Gasteiger partial charge < -0.3 is 10.2 Å². The highest BCUT2D eigenvalue weighted by atomic mass is 16.4. The summed E-state index contributed by atoms with van der Waals surface area (Å²) in [4.78, 5) is 20.9. The molecule has 5 nitrogen and oxygen atoms in total. The highest BCUT2D eigenvalue weighted by molar-refractivity contribution is 5.77. The quantitative estimate of drug-likeness (QED) is 0.532. The summed E-state index contributed by atoms with van der Waals surface area (Å²) in [6.07, 6.45) is 1.68. The average molecular weight is 173 g/mol. The Hall–Kier alpha value is -1.10. The van der Waals surface area contributed by atoms with Gasteiger partial charge >= 0.3 is 11.9 Å². The maximum absolute atomic E-state index is 10.5. The number of carboxylic acid groups (broad SMARTS) is 2. The van der Waals surface area contributed by atoms with E-state index in [1.54, 1.807) is 0 Å². The van der Waals surface area contributed by atoms with Crippen LogP contribution in [0.4, 0.5) is 0 Å². The molecule has 0 aromatic rings. The smallest absolute Gasteiger partial charge is 0.320 e. The van der Waals surface area contributed by atoms with Crippen LogP contribution in [0.15, 0.2) is 0 Å². The molecule has 68 valence electrons. The third-order valence-corrected chi connectivity index (χ3v) is 1.98. The second-order valence-electron chi connectivity index (χ2n) is 2.88. The van der Waals surface area contributed by atoms with Gasteiger partial charge in [-0.05, 0) is 19.3 Å². The molecule has 0 spiro atoms. The Bertz CT molecular complexity index is 184. The Morgan fingerprint density at radius 2 is 1.50 bits per heavy atom. The third-order valence-electron chi connectivity index (χ3n) is 1.98. The minimum atomic E-state index is -0.971. The fourth-order valence-electron chi connectivity index (χ4n) is 1.33. The molecule has 0 saturated carbocycles. The number of piperidine rings is 1. The zero-order valence-electron chi connectivity index (χ0n) is 6.49. The van der Waals surface area contributed by atoms with Gasteiger partial charge in [0.15, 0.2) is 0 Å². The van der Waals surface area contributed by atoms with Crippen molar-refractivity contribution in [3.05, 3.63) is 0 Å². The van der Waals surface area contributed by atoms with E-state index in [-0.39, 0.29) is 0 Å². The largest absolute Gasteiger partial charge is 0.480 e. The first-order valence-electron chi connectivity index (χ1n) is 3.83. The van der Waals surface area contributed by atoms with Gasteiger partial charge in [0.25, 0.3) is 0 Å². The van der Waals surface area contributed by atoms with Crippen molar-refractivity contribution < 1.29 is 19.8 Å². The summed E-state index contributed by atoms with van der Waals surface area (Å²) < 4.78 is 0. The molecule has 1 rings (SSSR count). The van der Waals surface area contributed by atoms with Crippen LogP contribution in [-0.2, 0) is 9.59 Å². The molecule has 5 heteroatoms. The van der Waals surface area contributed by atoms with Crippen molar-refractivity contribution in [3.63, 3.8) is 0 Å². The molecule has 1 heterocycles. The summed E-state index contributed by atoms with van der Waals surface area (Å²) in [6.45, 7) is 0. The first-order chi connectivity index (χ1) is 5.61. The number of aliphatic carboxylic acids is 2. The van der Waals surface area contributed by atoms with E-state index in [2.05, 4.69) is 5.32 Å². The standard InChI is InChI=1S/C7H11NO4/c9-6(10)4-2-1-3-5(8-4)7(11)12/h4-5,8H,1-3H2,(H,9,10)(H,11,12)/t4-,5+. The molecule has 0 aliphatic carbocycles. The summed E-state index contributed by atoms with van der Waals surface area (Å²) in [7, 11) is 0. The van der Waals surface area contributed by atoms with Crippen molar-refractivity contribution in [1.29, 1.82) is 0 Å². The van der Waals surface area contributed by atoms with E-state index in [0.29, 0.717) is 19.3 Å². The van der Waals surface area contributed by atoms with Crippen molar-refractivity contribution in [2.45, 2.75) is 31.3 Å². The number of carbonyl (C=O) groups is 2. The summed E-state index contributed by atoms with van der Waals surface area (Å²) in [5.74, 6) is -1.94. The van der Waals surface area contributed by atoms with Crippen molar-refractivity contribution in [2.75, 3.05) is 0 Å². The van der Waals surface area contributed by atoms with E-state index in [4.69, 9.17) is 10.2 Å². The molecular formula is C7H11NO4. The van der Waals surface area contributed by atoms with Gasteiger partial charge in [-0.15, -0.1) is 0 Å². The minimum absolute atomic E-state index is 0.513. The zero-order chi connectivity index (χ0) is 9.14. The molecule has 1 aliphatic rings. The van der Waals surface area contributed by atoms with Gasteiger partial charge in [-0.25, -0.2) is 0 Å². The molecule has 0 bridgehead atoms. The van der Waals surface area contributed by atoms with Crippen LogP contribution in [0.3, 0.4) is 0 Å². The normalized spacial score (nSPS) is 29.7. The number of rotatable bonds is 2. The Morgan fingerprint density at radius 1 is 1.08 bits per heavy atom. The lowest BCUT2D eigenvalue weighted by molar-refractivity contribution is -0.144. The van der Waals surface area contributed by atoms with Crippen LogP contribution in [-0.4, -0.2) is 34.2 Å². The van der Waals surface area contributed by atoms with Crippen LogP contribution < -0.4 is 5.32 Å². The monoisotopic (exact) mass is 173 g/mol. The first kappa shape index (κ1) is 8.99. The number of nitrogens with one attached hydrogen (secondary N) is 1. The van der Waals surface area contributed by atoms with Gasteiger partial charge in [-0.2, -0.15) is 0 Å². The molecule has 1 aliphatic heterocycles. The van der Waals surface area contributed by atoms with Gasteiger partial charge in [0.1, 0.15) is 12.1 Å². The lowest BCUT2D eigenvalue weighted by Crippen LogP contribution is -2.50.